The maximum Gasteiger partial charge on any atom is 0.248 e. The molecule has 1 aliphatic carbocycles. The van der Waals surface area contributed by atoms with E-state index in [0.29, 0.717) is 25.1 Å². The monoisotopic (exact) mass is 216 g/mol. The van der Waals surface area contributed by atoms with Crippen LogP contribution in [-0.2, 0) is 5.41 Å². The highest BCUT2D eigenvalue weighted by Crippen LogP contribution is 2.44. The van der Waals surface area contributed by atoms with Gasteiger partial charge in [-0.25, -0.2) is 8.78 Å². The van der Waals surface area contributed by atoms with E-state index in [0.717, 1.165) is 0 Å². The predicted molar refractivity (Wildman–Crippen MR) is 50.7 cm³/mol. The first-order valence-corrected chi connectivity index (χ1v) is 5.07. The van der Waals surface area contributed by atoms with Crippen molar-refractivity contribution in [2.45, 2.75) is 37.0 Å². The Balaban J connectivity index is 2.19. The van der Waals surface area contributed by atoms with Crippen molar-refractivity contribution in [2.75, 3.05) is 6.54 Å². The van der Waals surface area contributed by atoms with Crippen molar-refractivity contribution in [1.82, 2.24) is 5.16 Å². The molecule has 84 valence electrons. The van der Waals surface area contributed by atoms with Crippen LogP contribution >= 0.6 is 0 Å². The summed E-state index contributed by atoms with van der Waals surface area (Å²) in [6.07, 6.45) is 1.99. The summed E-state index contributed by atoms with van der Waals surface area (Å²) in [5.41, 5.74) is 5.99. The Bertz CT molecular complexity index is 314. The van der Waals surface area contributed by atoms with Crippen LogP contribution in [0.4, 0.5) is 8.78 Å². The van der Waals surface area contributed by atoms with Crippen LogP contribution in [0.3, 0.4) is 0 Å². The van der Waals surface area contributed by atoms with Crippen LogP contribution in [0.2, 0.25) is 0 Å². The van der Waals surface area contributed by atoms with E-state index in [2.05, 4.69) is 5.16 Å². The van der Waals surface area contributed by atoms with Crippen molar-refractivity contribution in [3.63, 3.8) is 0 Å². The number of hydrogen-bond donors (Lipinski definition) is 1. The van der Waals surface area contributed by atoms with Gasteiger partial charge in [-0.2, -0.15) is 0 Å². The van der Waals surface area contributed by atoms with Gasteiger partial charge in [0.1, 0.15) is 6.26 Å². The third kappa shape index (κ3) is 1.88. The largest absolute Gasteiger partial charge is 0.364 e. The van der Waals surface area contributed by atoms with Gasteiger partial charge in [-0.3, -0.25) is 0 Å². The third-order valence-corrected chi connectivity index (χ3v) is 3.31. The SMILES string of the molecule is NCC1(c2ccon2)CCC(F)(F)CC1. The van der Waals surface area contributed by atoms with Crippen molar-refractivity contribution < 1.29 is 13.3 Å². The standard InChI is InChI=1S/C10H14F2N2O/c11-10(12)4-2-9(7-13,3-5-10)8-1-6-15-14-8/h1,6H,2-5,7,13H2. The summed E-state index contributed by atoms with van der Waals surface area (Å²) < 4.78 is 30.8. The minimum Gasteiger partial charge on any atom is -0.364 e. The number of alkyl halides is 2. The Morgan fingerprint density at radius 1 is 1.33 bits per heavy atom. The number of hydrogen-bond acceptors (Lipinski definition) is 3. The van der Waals surface area contributed by atoms with E-state index in [1.165, 1.54) is 6.26 Å². The van der Waals surface area contributed by atoms with E-state index in [9.17, 15) is 8.78 Å². The molecule has 2 N–H and O–H groups in total. The molecule has 0 atom stereocenters. The molecule has 3 nitrogen and oxygen atoms in total. The summed E-state index contributed by atoms with van der Waals surface area (Å²) in [6, 6.07) is 1.72. The first kappa shape index (κ1) is 10.5. The third-order valence-electron chi connectivity index (χ3n) is 3.31. The fourth-order valence-electron chi connectivity index (χ4n) is 2.15. The first-order chi connectivity index (χ1) is 7.08. The predicted octanol–water partition coefficient (Wildman–Crippen LogP) is 2.08. The normalized spacial score (nSPS) is 23.9. The van der Waals surface area contributed by atoms with Gasteiger partial charge in [-0.05, 0) is 12.8 Å². The molecule has 1 aromatic heterocycles. The van der Waals surface area contributed by atoms with Crippen LogP contribution in [0.1, 0.15) is 31.4 Å². The second kappa shape index (κ2) is 3.56. The number of nitrogens with two attached hydrogens (primary N) is 1. The zero-order valence-corrected chi connectivity index (χ0v) is 8.38. The Morgan fingerprint density at radius 3 is 2.47 bits per heavy atom. The highest BCUT2D eigenvalue weighted by molar-refractivity contribution is 5.16. The second-order valence-corrected chi connectivity index (χ2v) is 4.23. The molecule has 0 unspecified atom stereocenters. The summed E-state index contributed by atoms with van der Waals surface area (Å²) in [5, 5.41) is 3.83. The van der Waals surface area contributed by atoms with Crippen LogP contribution < -0.4 is 5.73 Å². The molecular formula is C10H14F2N2O. The van der Waals surface area contributed by atoms with E-state index in [1.54, 1.807) is 6.07 Å². The lowest BCUT2D eigenvalue weighted by Gasteiger charge is -2.37. The van der Waals surface area contributed by atoms with E-state index in [4.69, 9.17) is 10.3 Å². The molecule has 0 amide bonds. The zero-order chi connectivity index (χ0) is 10.9. The molecule has 0 bridgehead atoms. The summed E-state index contributed by atoms with van der Waals surface area (Å²) >= 11 is 0. The number of halogens is 2. The lowest BCUT2D eigenvalue weighted by molar-refractivity contribution is -0.0517. The summed E-state index contributed by atoms with van der Waals surface area (Å²) in [7, 11) is 0. The number of nitrogens with zero attached hydrogens (tertiary/aromatic N) is 1. The molecule has 0 saturated heterocycles. The molecule has 0 aromatic carbocycles. The van der Waals surface area contributed by atoms with Gasteiger partial charge in [0.2, 0.25) is 5.92 Å². The molecule has 0 spiro atoms. The Labute approximate surface area is 86.6 Å². The van der Waals surface area contributed by atoms with Crippen molar-refractivity contribution >= 4 is 0 Å². The van der Waals surface area contributed by atoms with Crippen LogP contribution in [0, 0.1) is 0 Å². The molecule has 1 heterocycles. The van der Waals surface area contributed by atoms with Crippen molar-refractivity contribution in [2.24, 2.45) is 5.73 Å². The summed E-state index contributed by atoms with van der Waals surface area (Å²) in [5.74, 6) is -2.54. The molecule has 5 heteroatoms. The molecular weight excluding hydrogens is 202 g/mol. The first-order valence-electron chi connectivity index (χ1n) is 5.07. The Kier molecular flexibility index (Phi) is 2.50. The lowest BCUT2D eigenvalue weighted by atomic mass is 9.71. The van der Waals surface area contributed by atoms with Gasteiger partial charge in [-0.15, -0.1) is 0 Å². The van der Waals surface area contributed by atoms with Crippen molar-refractivity contribution in [3.8, 4) is 0 Å². The Hall–Kier alpha value is -0.970. The highest BCUT2D eigenvalue weighted by atomic mass is 19.3. The molecule has 1 fully saturated rings. The maximum absolute atomic E-state index is 13.0. The van der Waals surface area contributed by atoms with Gasteiger partial charge < -0.3 is 10.3 Å². The summed E-state index contributed by atoms with van der Waals surface area (Å²) in [6.45, 7) is 0.343. The lowest BCUT2D eigenvalue weighted by Crippen LogP contribution is -2.42. The van der Waals surface area contributed by atoms with Gasteiger partial charge in [0.25, 0.3) is 0 Å². The van der Waals surface area contributed by atoms with E-state index < -0.39 is 11.3 Å². The fourth-order valence-corrected chi connectivity index (χ4v) is 2.15. The minimum absolute atomic E-state index is 0.114. The van der Waals surface area contributed by atoms with Gasteiger partial charge in [0.05, 0.1) is 5.69 Å². The fraction of sp³-hybridized carbons (Fsp3) is 0.700. The Morgan fingerprint density at radius 2 is 2.00 bits per heavy atom. The minimum atomic E-state index is -2.54. The zero-order valence-electron chi connectivity index (χ0n) is 8.38. The molecule has 1 aromatic rings. The number of aromatic nitrogens is 1. The smallest absolute Gasteiger partial charge is 0.248 e. The van der Waals surface area contributed by atoms with E-state index >= 15 is 0 Å². The topological polar surface area (TPSA) is 52.0 Å². The van der Waals surface area contributed by atoms with Crippen LogP contribution in [-0.4, -0.2) is 17.6 Å². The van der Waals surface area contributed by atoms with Gasteiger partial charge in [0, 0.05) is 30.9 Å². The second-order valence-electron chi connectivity index (χ2n) is 4.23. The molecule has 0 radical (unpaired) electrons. The van der Waals surface area contributed by atoms with E-state index in [1.807, 2.05) is 0 Å². The van der Waals surface area contributed by atoms with E-state index in [-0.39, 0.29) is 12.8 Å². The van der Waals surface area contributed by atoms with Crippen molar-refractivity contribution in [1.29, 1.82) is 0 Å². The molecule has 1 saturated carbocycles. The molecule has 1 aliphatic rings. The van der Waals surface area contributed by atoms with Gasteiger partial charge in [0.15, 0.2) is 0 Å². The average molecular weight is 216 g/mol. The van der Waals surface area contributed by atoms with Crippen molar-refractivity contribution in [3.05, 3.63) is 18.0 Å². The molecule has 2 rings (SSSR count). The molecule has 0 aliphatic heterocycles. The average Bonchev–Trinajstić information content (AvgIpc) is 2.72. The molecule has 15 heavy (non-hydrogen) atoms. The highest BCUT2D eigenvalue weighted by Gasteiger charge is 2.44. The summed E-state index contributed by atoms with van der Waals surface area (Å²) in [4.78, 5) is 0. The van der Waals surface area contributed by atoms with Gasteiger partial charge in [-0.1, -0.05) is 5.16 Å². The van der Waals surface area contributed by atoms with Gasteiger partial charge >= 0.3 is 0 Å². The van der Waals surface area contributed by atoms with Crippen LogP contribution in [0.15, 0.2) is 16.9 Å². The quantitative estimate of drug-likeness (QED) is 0.823. The van der Waals surface area contributed by atoms with Crippen LogP contribution in [0.5, 0.6) is 0 Å². The van der Waals surface area contributed by atoms with Crippen LogP contribution in [0.25, 0.3) is 0 Å². The maximum atomic E-state index is 13.0. The number of rotatable bonds is 2.